The van der Waals surface area contributed by atoms with E-state index in [-0.39, 0.29) is 11.5 Å². The molecule has 134 valence electrons. The number of aliphatic hydroxyl groups excluding tert-OH is 1. The Kier molecular flexibility index (Phi) is 3.23. The normalized spacial score (nSPS) is 56.7. The molecule has 1 spiro atoms. The molecule has 6 aliphatic rings. The number of rotatable bonds is 1. The van der Waals surface area contributed by atoms with Gasteiger partial charge in [0.1, 0.15) is 0 Å². The van der Waals surface area contributed by atoms with E-state index in [0.717, 1.165) is 11.8 Å². The lowest BCUT2D eigenvalue weighted by Crippen LogP contribution is -2.70. The van der Waals surface area contributed by atoms with E-state index < -0.39 is 0 Å². The molecule has 0 amide bonds. The molecule has 6 rings (SSSR count). The molecule has 5 saturated carbocycles. The van der Waals surface area contributed by atoms with Crippen molar-refractivity contribution < 1.29 is 5.11 Å². The van der Waals surface area contributed by atoms with E-state index in [2.05, 4.69) is 25.3 Å². The van der Waals surface area contributed by atoms with Gasteiger partial charge in [0, 0.05) is 18.5 Å². The fraction of sp³-hybridized carbons (Fsp3) is 0.909. The summed E-state index contributed by atoms with van der Waals surface area (Å²) in [5, 5.41) is 11.2. The first-order chi connectivity index (χ1) is 11.5. The smallest absolute Gasteiger partial charge is 0.0809 e. The number of hydrogen-bond acceptors (Lipinski definition) is 2. The zero-order valence-corrected chi connectivity index (χ0v) is 15.7. The van der Waals surface area contributed by atoms with Gasteiger partial charge >= 0.3 is 0 Å². The van der Waals surface area contributed by atoms with Crippen molar-refractivity contribution in [3.63, 3.8) is 0 Å². The van der Waals surface area contributed by atoms with Gasteiger partial charge in [-0.2, -0.15) is 0 Å². The molecule has 5 aliphatic carbocycles. The second kappa shape index (κ2) is 4.88. The molecule has 2 nitrogen and oxygen atoms in total. The first-order valence-electron chi connectivity index (χ1n) is 10.5. The Balaban J connectivity index is 1.62. The highest BCUT2D eigenvalue weighted by molar-refractivity contribution is 5.27. The van der Waals surface area contributed by atoms with Crippen LogP contribution in [0.25, 0.3) is 0 Å². The lowest BCUT2D eigenvalue weighted by atomic mass is 9.35. The van der Waals surface area contributed by atoms with Crippen molar-refractivity contribution in [1.29, 1.82) is 0 Å². The van der Waals surface area contributed by atoms with Gasteiger partial charge in [0.15, 0.2) is 0 Å². The third-order valence-corrected chi connectivity index (χ3v) is 9.66. The average molecular weight is 330 g/mol. The molecule has 7 atom stereocenters. The number of nitrogens with zero attached hydrogens (tertiary/aromatic N) is 1. The Hall–Kier alpha value is -0.340. The summed E-state index contributed by atoms with van der Waals surface area (Å²) >= 11 is 0. The molecular weight excluding hydrogens is 294 g/mol. The maximum Gasteiger partial charge on any atom is 0.0809 e. The summed E-state index contributed by atoms with van der Waals surface area (Å²) in [5.74, 6) is 2.25. The van der Waals surface area contributed by atoms with E-state index in [0.29, 0.717) is 16.7 Å². The minimum atomic E-state index is -0.212. The summed E-state index contributed by atoms with van der Waals surface area (Å²) < 4.78 is 0. The van der Waals surface area contributed by atoms with E-state index in [1.165, 1.54) is 76.6 Å². The lowest BCUT2D eigenvalue weighted by molar-refractivity contribution is -0.239. The molecule has 1 aliphatic heterocycles. The Morgan fingerprint density at radius 1 is 1.08 bits per heavy atom. The van der Waals surface area contributed by atoms with Crippen LogP contribution in [0.1, 0.15) is 65.2 Å². The SMILES string of the molecule is C=C1C(O)[C@]23CC[C@H]1C[C@H]2[C@@]12CCC[C@@](C)(CN(CC)C1)[C@H]2CC3. The molecule has 0 radical (unpaired) electrons. The minimum Gasteiger partial charge on any atom is -0.388 e. The Labute approximate surface area is 147 Å². The van der Waals surface area contributed by atoms with E-state index in [4.69, 9.17) is 0 Å². The van der Waals surface area contributed by atoms with Crippen LogP contribution in [0, 0.1) is 34.0 Å². The Bertz CT molecular complexity index is 572. The summed E-state index contributed by atoms with van der Waals surface area (Å²) in [6, 6.07) is 0. The Morgan fingerprint density at radius 3 is 2.67 bits per heavy atom. The zero-order valence-electron chi connectivity index (χ0n) is 15.7. The van der Waals surface area contributed by atoms with Crippen LogP contribution in [-0.4, -0.2) is 35.7 Å². The third kappa shape index (κ3) is 1.70. The van der Waals surface area contributed by atoms with Crippen molar-refractivity contribution in [2.75, 3.05) is 19.6 Å². The van der Waals surface area contributed by atoms with Crippen molar-refractivity contribution in [1.82, 2.24) is 4.90 Å². The minimum absolute atomic E-state index is 0.178. The predicted octanol–water partition coefficient (Wildman–Crippen LogP) is 4.24. The van der Waals surface area contributed by atoms with Crippen molar-refractivity contribution in [3.8, 4) is 0 Å². The second-order valence-electron chi connectivity index (χ2n) is 10.4. The monoisotopic (exact) mass is 329 g/mol. The quantitative estimate of drug-likeness (QED) is 0.727. The molecule has 0 aromatic rings. The van der Waals surface area contributed by atoms with Crippen LogP contribution in [0.2, 0.25) is 0 Å². The van der Waals surface area contributed by atoms with E-state index in [1.807, 2.05) is 0 Å². The number of likely N-dealkylation sites (tertiary alicyclic amines) is 1. The largest absolute Gasteiger partial charge is 0.388 e. The maximum absolute atomic E-state index is 11.2. The molecule has 1 N–H and O–H groups in total. The van der Waals surface area contributed by atoms with Gasteiger partial charge in [0.05, 0.1) is 6.10 Å². The summed E-state index contributed by atoms with van der Waals surface area (Å²) in [6.45, 7) is 13.1. The first-order valence-corrected chi connectivity index (χ1v) is 10.5. The highest BCUT2D eigenvalue weighted by atomic mass is 16.3. The first kappa shape index (κ1) is 15.9. The molecule has 6 fully saturated rings. The van der Waals surface area contributed by atoms with Gasteiger partial charge in [-0.25, -0.2) is 0 Å². The van der Waals surface area contributed by atoms with Crippen molar-refractivity contribution in [2.45, 2.75) is 71.3 Å². The molecule has 4 bridgehead atoms. The van der Waals surface area contributed by atoms with Gasteiger partial charge in [-0.15, -0.1) is 0 Å². The molecule has 1 heterocycles. The van der Waals surface area contributed by atoms with Crippen LogP contribution < -0.4 is 0 Å². The van der Waals surface area contributed by atoms with Crippen LogP contribution in [-0.2, 0) is 0 Å². The summed E-state index contributed by atoms with van der Waals surface area (Å²) in [4.78, 5) is 2.76. The van der Waals surface area contributed by atoms with E-state index in [9.17, 15) is 5.11 Å². The zero-order chi connectivity index (χ0) is 16.7. The van der Waals surface area contributed by atoms with E-state index in [1.54, 1.807) is 0 Å². The van der Waals surface area contributed by atoms with Gasteiger partial charge < -0.3 is 10.0 Å². The number of hydrogen-bond donors (Lipinski definition) is 1. The molecule has 0 aromatic heterocycles. The lowest BCUT2D eigenvalue weighted by Gasteiger charge is -2.73. The van der Waals surface area contributed by atoms with Gasteiger partial charge in [-0.1, -0.05) is 26.8 Å². The molecule has 1 unspecified atom stereocenters. The maximum atomic E-state index is 11.2. The topological polar surface area (TPSA) is 23.5 Å². The highest BCUT2D eigenvalue weighted by Crippen LogP contribution is 2.73. The Morgan fingerprint density at radius 2 is 1.88 bits per heavy atom. The molecule has 24 heavy (non-hydrogen) atoms. The van der Waals surface area contributed by atoms with Gasteiger partial charge in [-0.3, -0.25) is 0 Å². The van der Waals surface area contributed by atoms with Crippen LogP contribution in [0.5, 0.6) is 0 Å². The predicted molar refractivity (Wildman–Crippen MR) is 97.6 cm³/mol. The van der Waals surface area contributed by atoms with Crippen LogP contribution in [0.15, 0.2) is 12.2 Å². The fourth-order valence-electron chi connectivity index (χ4n) is 8.78. The van der Waals surface area contributed by atoms with E-state index >= 15 is 0 Å². The number of aliphatic hydroxyl groups is 1. The van der Waals surface area contributed by atoms with Crippen LogP contribution in [0.4, 0.5) is 0 Å². The van der Waals surface area contributed by atoms with Crippen molar-refractivity contribution >= 4 is 0 Å². The van der Waals surface area contributed by atoms with Crippen LogP contribution >= 0.6 is 0 Å². The fourth-order valence-corrected chi connectivity index (χ4v) is 8.78. The molecular formula is C22H35NO. The summed E-state index contributed by atoms with van der Waals surface area (Å²) in [6.07, 6.45) is 10.6. The second-order valence-corrected chi connectivity index (χ2v) is 10.4. The van der Waals surface area contributed by atoms with Gasteiger partial charge in [-0.05, 0) is 85.6 Å². The number of piperidine rings is 1. The number of fused-ring (bicyclic) bond motifs is 2. The molecule has 2 heteroatoms. The summed E-state index contributed by atoms with van der Waals surface area (Å²) in [7, 11) is 0. The standard InChI is InChI=1S/C22H35NO/c1-4-23-13-20(3)8-5-9-22(14-23)17(20)7-11-21-10-6-16(12-18(21)22)15(2)19(21)24/h16-19,24H,2,4-14H2,1,3H3/t16-,17+,18+,19?,20-,21-,22-/m0/s1. The molecule has 1 saturated heterocycles. The van der Waals surface area contributed by atoms with Crippen molar-refractivity contribution in [3.05, 3.63) is 12.2 Å². The molecule has 0 aromatic carbocycles. The van der Waals surface area contributed by atoms with Gasteiger partial charge in [0.25, 0.3) is 0 Å². The van der Waals surface area contributed by atoms with Gasteiger partial charge in [0.2, 0.25) is 0 Å². The third-order valence-electron chi connectivity index (χ3n) is 9.66. The van der Waals surface area contributed by atoms with Crippen molar-refractivity contribution in [2.24, 2.45) is 34.0 Å². The summed E-state index contributed by atoms with van der Waals surface area (Å²) in [5.41, 5.74) is 2.37. The average Bonchev–Trinajstić information content (AvgIpc) is 2.57. The highest BCUT2D eigenvalue weighted by Gasteiger charge is 2.69. The van der Waals surface area contributed by atoms with Crippen LogP contribution in [0.3, 0.4) is 0 Å².